The molecule has 3 saturated carbocycles. The van der Waals surface area contributed by atoms with E-state index in [2.05, 4.69) is 20.8 Å². The Bertz CT molecular complexity index is 684. The van der Waals surface area contributed by atoms with Crippen LogP contribution in [0.15, 0.2) is 24.3 Å². The third-order valence-corrected chi connectivity index (χ3v) is 8.67. The number of hydrogen-bond acceptors (Lipinski definition) is 2. The maximum atomic E-state index is 11.7. The first-order valence-corrected chi connectivity index (χ1v) is 10.7. The van der Waals surface area contributed by atoms with Crippen molar-refractivity contribution in [2.24, 2.45) is 22.7 Å². The first-order chi connectivity index (χ1) is 12.1. The second kappa shape index (κ2) is 5.96. The van der Waals surface area contributed by atoms with Crippen LogP contribution in [0, 0.1) is 22.7 Å². The second-order valence-electron chi connectivity index (χ2n) is 10.3. The molecular weight excluding hydrogens is 344 g/mol. The summed E-state index contributed by atoms with van der Waals surface area (Å²) in [6.07, 6.45) is 7.75. The van der Waals surface area contributed by atoms with Crippen molar-refractivity contribution in [2.75, 3.05) is 0 Å². The summed E-state index contributed by atoms with van der Waals surface area (Å²) in [7, 11) is 0. The first kappa shape index (κ1) is 18.8. The van der Waals surface area contributed by atoms with Crippen LogP contribution in [0.2, 0.25) is 5.02 Å². The summed E-state index contributed by atoms with van der Waals surface area (Å²) in [6, 6.07) is 7.52. The third-order valence-electron chi connectivity index (χ3n) is 8.41. The third kappa shape index (κ3) is 2.75. The van der Waals surface area contributed by atoms with E-state index in [1.807, 2.05) is 24.3 Å². The fourth-order valence-corrected chi connectivity index (χ4v) is 7.41. The summed E-state index contributed by atoms with van der Waals surface area (Å²) in [5.41, 5.74) is -0.256. The monoisotopic (exact) mass is 376 g/mol. The van der Waals surface area contributed by atoms with Gasteiger partial charge in [0.2, 0.25) is 0 Å². The Morgan fingerprint density at radius 1 is 0.885 bits per heavy atom. The molecule has 0 unspecified atom stereocenters. The number of rotatable bonds is 1. The molecule has 0 aromatic heterocycles. The van der Waals surface area contributed by atoms with Gasteiger partial charge in [0.05, 0.1) is 11.2 Å². The van der Waals surface area contributed by atoms with Crippen LogP contribution in [0.1, 0.15) is 77.7 Å². The van der Waals surface area contributed by atoms with Gasteiger partial charge in [-0.1, -0.05) is 50.9 Å². The number of fused-ring (bicyclic) bond motifs is 3. The molecule has 4 rings (SSSR count). The van der Waals surface area contributed by atoms with Crippen LogP contribution in [-0.4, -0.2) is 15.8 Å². The molecular formula is C23H33ClO2. The number of benzene rings is 1. The maximum absolute atomic E-state index is 11.7. The highest BCUT2D eigenvalue weighted by molar-refractivity contribution is 6.30. The minimum absolute atomic E-state index is 0.191. The highest BCUT2D eigenvalue weighted by atomic mass is 35.5. The van der Waals surface area contributed by atoms with Gasteiger partial charge in [0, 0.05) is 11.4 Å². The molecule has 3 aliphatic carbocycles. The zero-order valence-corrected chi connectivity index (χ0v) is 17.1. The van der Waals surface area contributed by atoms with E-state index in [9.17, 15) is 10.2 Å². The Kier molecular flexibility index (Phi) is 4.31. The molecule has 5 atom stereocenters. The lowest BCUT2D eigenvalue weighted by molar-refractivity contribution is -0.224. The number of aliphatic hydroxyl groups is 2. The van der Waals surface area contributed by atoms with Crippen molar-refractivity contribution < 1.29 is 10.2 Å². The van der Waals surface area contributed by atoms with Gasteiger partial charge in [0.1, 0.15) is 0 Å². The highest BCUT2D eigenvalue weighted by Crippen LogP contribution is 2.66. The number of halogens is 1. The summed E-state index contributed by atoms with van der Waals surface area (Å²) >= 11 is 6.02. The van der Waals surface area contributed by atoms with Crippen molar-refractivity contribution in [3.05, 3.63) is 34.9 Å². The zero-order valence-electron chi connectivity index (χ0n) is 16.4. The molecule has 1 aromatic rings. The van der Waals surface area contributed by atoms with Gasteiger partial charge in [-0.15, -0.1) is 0 Å². The van der Waals surface area contributed by atoms with Crippen molar-refractivity contribution in [1.82, 2.24) is 0 Å². The van der Waals surface area contributed by atoms with E-state index in [4.69, 9.17) is 11.6 Å². The fourth-order valence-electron chi connectivity index (χ4n) is 7.28. The van der Waals surface area contributed by atoms with Gasteiger partial charge in [-0.3, -0.25) is 0 Å². The van der Waals surface area contributed by atoms with Crippen molar-refractivity contribution in [1.29, 1.82) is 0 Å². The molecule has 1 aromatic carbocycles. The Balaban J connectivity index is 1.65. The summed E-state index contributed by atoms with van der Waals surface area (Å²) in [5, 5.41) is 23.8. The molecule has 0 saturated heterocycles. The molecule has 144 valence electrons. The van der Waals surface area contributed by atoms with Gasteiger partial charge in [0.25, 0.3) is 0 Å². The van der Waals surface area contributed by atoms with Gasteiger partial charge in [-0.25, -0.2) is 0 Å². The highest BCUT2D eigenvalue weighted by Gasteiger charge is 2.62. The van der Waals surface area contributed by atoms with Gasteiger partial charge < -0.3 is 10.2 Å². The largest absolute Gasteiger partial charge is 0.389 e. The van der Waals surface area contributed by atoms with Gasteiger partial charge in [-0.05, 0) is 78.9 Å². The molecule has 0 bridgehead atoms. The topological polar surface area (TPSA) is 40.5 Å². The summed E-state index contributed by atoms with van der Waals surface area (Å²) in [4.78, 5) is 0. The second-order valence-corrected chi connectivity index (χ2v) is 10.8. The Hall–Kier alpha value is -0.570. The van der Waals surface area contributed by atoms with Gasteiger partial charge >= 0.3 is 0 Å². The lowest BCUT2D eigenvalue weighted by atomic mass is 9.42. The lowest BCUT2D eigenvalue weighted by Crippen LogP contribution is -2.62. The van der Waals surface area contributed by atoms with E-state index in [1.165, 1.54) is 19.3 Å². The zero-order chi connectivity index (χ0) is 18.8. The normalized spacial score (nSPS) is 44.8. The SMILES string of the molecule is CC1(C)CCC[C@@]2(C)[C@H]1CC[C@@]1(O)C[C@@](O)(c3ccc(Cl)cc3)CC[C@@H]12. The minimum atomic E-state index is -0.941. The standard InChI is InChI=1S/C23H33ClO2/c1-20(2)11-4-12-21(3)18(20)9-14-23(26)15-22(25,13-10-19(21)23)16-5-7-17(24)8-6-16/h5-8,18-19,25-26H,4,9-15H2,1-3H3/t18-,19+,21-,22+,23+/m0/s1. The molecule has 0 spiro atoms. The maximum Gasteiger partial charge on any atom is 0.0924 e. The molecule has 0 aliphatic heterocycles. The molecule has 3 heteroatoms. The Labute approximate surface area is 163 Å². The average molecular weight is 377 g/mol. The van der Waals surface area contributed by atoms with Crippen LogP contribution in [0.4, 0.5) is 0 Å². The molecule has 0 amide bonds. The van der Waals surface area contributed by atoms with Crippen LogP contribution in [0.25, 0.3) is 0 Å². The molecule has 0 radical (unpaired) electrons. The van der Waals surface area contributed by atoms with Crippen LogP contribution in [0.3, 0.4) is 0 Å². The van der Waals surface area contributed by atoms with E-state index < -0.39 is 11.2 Å². The van der Waals surface area contributed by atoms with Gasteiger partial charge in [-0.2, -0.15) is 0 Å². The molecule has 0 heterocycles. The lowest BCUT2D eigenvalue weighted by Gasteiger charge is -2.64. The van der Waals surface area contributed by atoms with Crippen LogP contribution >= 0.6 is 11.6 Å². The summed E-state index contributed by atoms with van der Waals surface area (Å²) in [5.74, 6) is 0.969. The molecule has 3 fully saturated rings. The molecule has 26 heavy (non-hydrogen) atoms. The summed E-state index contributed by atoms with van der Waals surface area (Å²) < 4.78 is 0. The van der Waals surface area contributed by atoms with E-state index in [0.717, 1.165) is 31.2 Å². The minimum Gasteiger partial charge on any atom is -0.389 e. The Morgan fingerprint density at radius 3 is 2.23 bits per heavy atom. The van der Waals surface area contributed by atoms with Crippen LogP contribution in [-0.2, 0) is 5.60 Å². The van der Waals surface area contributed by atoms with E-state index in [1.54, 1.807) is 0 Å². The van der Waals surface area contributed by atoms with Crippen LogP contribution in [0.5, 0.6) is 0 Å². The summed E-state index contributed by atoms with van der Waals surface area (Å²) in [6.45, 7) is 7.28. The van der Waals surface area contributed by atoms with Crippen molar-refractivity contribution >= 4 is 11.6 Å². The fraction of sp³-hybridized carbons (Fsp3) is 0.739. The average Bonchev–Trinajstić information content (AvgIpc) is 2.53. The molecule has 2 N–H and O–H groups in total. The van der Waals surface area contributed by atoms with E-state index >= 15 is 0 Å². The molecule has 3 aliphatic rings. The quantitative estimate of drug-likeness (QED) is 0.661. The van der Waals surface area contributed by atoms with Crippen molar-refractivity contribution in [3.8, 4) is 0 Å². The predicted molar refractivity (Wildman–Crippen MR) is 106 cm³/mol. The Morgan fingerprint density at radius 2 is 1.54 bits per heavy atom. The predicted octanol–water partition coefficient (Wildman–Crippen LogP) is 5.69. The van der Waals surface area contributed by atoms with E-state index in [-0.39, 0.29) is 5.41 Å². The van der Waals surface area contributed by atoms with Crippen LogP contribution < -0.4 is 0 Å². The smallest absolute Gasteiger partial charge is 0.0924 e. The first-order valence-electron chi connectivity index (χ1n) is 10.3. The van der Waals surface area contributed by atoms with Crippen molar-refractivity contribution in [2.45, 2.75) is 83.3 Å². The van der Waals surface area contributed by atoms with E-state index in [0.29, 0.717) is 28.7 Å². The van der Waals surface area contributed by atoms with Crippen molar-refractivity contribution in [3.63, 3.8) is 0 Å². The molecule has 2 nitrogen and oxygen atoms in total. The van der Waals surface area contributed by atoms with Gasteiger partial charge in [0.15, 0.2) is 0 Å². The number of hydrogen-bond donors (Lipinski definition) is 2.